The molecule has 4 saturated carbocycles. The van der Waals surface area contributed by atoms with Crippen LogP contribution in [-0.4, -0.2) is 11.6 Å². The van der Waals surface area contributed by atoms with Crippen molar-refractivity contribution in [2.45, 2.75) is 74.1 Å². The molecule has 0 spiro atoms. The zero-order valence-electron chi connectivity index (χ0n) is 15.7. The number of fused-ring (bicyclic) bond motifs is 4. The summed E-state index contributed by atoms with van der Waals surface area (Å²) < 4.78 is 0.716. The van der Waals surface area contributed by atoms with Crippen molar-refractivity contribution in [2.24, 2.45) is 33.5 Å². The molecule has 2 unspecified atom stereocenters. The van der Waals surface area contributed by atoms with Crippen molar-refractivity contribution in [3.05, 3.63) is 0 Å². The molecule has 4 aliphatic rings. The van der Waals surface area contributed by atoms with E-state index in [1.807, 2.05) is 0 Å². The molecule has 4 fully saturated rings. The molecular formula is C20H30HgO2. The molecule has 4 rings (SSSR count). The standard InChI is InChI=1S/2C10H15O.Hg/c2*1-9(2)7-4-5-10(9,3)8(11)6-7;/h2*6-7H,4-5H2,1-3H3;/t2*7-,10+;/m11./s1. The fourth-order valence-electron chi connectivity index (χ4n) is 7.36. The average molecular weight is 503 g/mol. The predicted octanol–water partition coefficient (Wildman–Crippen LogP) is 4.70. The zero-order valence-corrected chi connectivity index (χ0v) is 21.2. The van der Waals surface area contributed by atoms with Crippen molar-refractivity contribution in [3.8, 4) is 0 Å². The Morgan fingerprint density at radius 3 is 1.35 bits per heavy atom. The summed E-state index contributed by atoms with van der Waals surface area (Å²) in [4.78, 5) is 26.4. The Morgan fingerprint density at radius 1 is 0.739 bits per heavy atom. The van der Waals surface area contributed by atoms with E-state index in [0.29, 0.717) is 30.3 Å². The van der Waals surface area contributed by atoms with Gasteiger partial charge in [-0.2, -0.15) is 0 Å². The molecule has 0 aromatic rings. The van der Waals surface area contributed by atoms with E-state index in [1.165, 1.54) is 12.8 Å². The van der Waals surface area contributed by atoms with Gasteiger partial charge in [-0.1, -0.05) is 0 Å². The van der Waals surface area contributed by atoms with E-state index in [1.54, 1.807) is 0 Å². The number of carbonyl (C=O) groups excluding carboxylic acids is 2. The molecular weight excluding hydrogens is 473 g/mol. The van der Waals surface area contributed by atoms with Crippen molar-refractivity contribution < 1.29 is 34.2 Å². The molecule has 0 aliphatic heterocycles. The Balaban J connectivity index is 1.64. The van der Waals surface area contributed by atoms with Crippen molar-refractivity contribution in [2.75, 3.05) is 0 Å². The van der Waals surface area contributed by atoms with Crippen molar-refractivity contribution in [3.63, 3.8) is 0 Å². The molecule has 0 amide bonds. The molecule has 0 aromatic carbocycles. The van der Waals surface area contributed by atoms with Crippen LogP contribution in [0.25, 0.3) is 0 Å². The molecule has 124 valence electrons. The van der Waals surface area contributed by atoms with E-state index >= 15 is 0 Å². The van der Waals surface area contributed by atoms with Gasteiger partial charge in [-0.25, -0.2) is 0 Å². The van der Waals surface area contributed by atoms with Gasteiger partial charge in [0.05, 0.1) is 0 Å². The van der Waals surface area contributed by atoms with Crippen LogP contribution in [0.5, 0.6) is 0 Å². The third-order valence-electron chi connectivity index (χ3n) is 9.85. The van der Waals surface area contributed by atoms with Gasteiger partial charge in [0, 0.05) is 0 Å². The molecule has 0 aromatic heterocycles. The van der Waals surface area contributed by atoms with E-state index in [0.717, 1.165) is 12.8 Å². The first kappa shape index (κ1) is 16.7. The van der Waals surface area contributed by atoms with Gasteiger partial charge in [0.2, 0.25) is 0 Å². The van der Waals surface area contributed by atoms with E-state index in [2.05, 4.69) is 41.5 Å². The van der Waals surface area contributed by atoms with Crippen LogP contribution in [-0.2, 0) is 34.2 Å². The molecule has 0 radical (unpaired) electrons. The number of ketones is 2. The minimum atomic E-state index is -1.62. The van der Waals surface area contributed by atoms with Crippen LogP contribution in [0.4, 0.5) is 0 Å². The first-order valence-corrected chi connectivity index (χ1v) is 15.9. The summed E-state index contributed by atoms with van der Waals surface area (Å²) in [5.74, 6) is 2.31. The van der Waals surface area contributed by atoms with E-state index in [4.69, 9.17) is 0 Å². The number of rotatable bonds is 2. The molecule has 6 atom stereocenters. The normalized spacial score (nSPS) is 52.3. The summed E-state index contributed by atoms with van der Waals surface area (Å²) >= 11 is -1.62. The molecule has 23 heavy (non-hydrogen) atoms. The summed E-state index contributed by atoms with van der Waals surface area (Å²) in [6, 6.07) is 0. The second-order valence-corrected chi connectivity index (χ2v) is 19.2. The first-order chi connectivity index (χ1) is 10.5. The van der Waals surface area contributed by atoms with Gasteiger partial charge in [-0.15, -0.1) is 0 Å². The number of carbonyl (C=O) groups is 2. The molecule has 3 heteroatoms. The van der Waals surface area contributed by atoms with Gasteiger partial charge in [0.25, 0.3) is 0 Å². The Hall–Kier alpha value is 0.275. The van der Waals surface area contributed by atoms with Crippen LogP contribution in [0.1, 0.15) is 67.2 Å². The van der Waals surface area contributed by atoms with Crippen LogP contribution >= 0.6 is 0 Å². The van der Waals surface area contributed by atoms with Crippen molar-refractivity contribution in [1.29, 1.82) is 0 Å². The van der Waals surface area contributed by atoms with Crippen LogP contribution in [0.2, 0.25) is 6.85 Å². The topological polar surface area (TPSA) is 34.1 Å². The summed E-state index contributed by atoms with van der Waals surface area (Å²) in [6.07, 6.45) is 4.62. The van der Waals surface area contributed by atoms with Gasteiger partial charge in [0.1, 0.15) is 0 Å². The Kier molecular flexibility index (Phi) is 3.28. The third kappa shape index (κ3) is 1.66. The Bertz CT molecular complexity index is 555. The van der Waals surface area contributed by atoms with Gasteiger partial charge in [0.15, 0.2) is 0 Å². The monoisotopic (exact) mass is 504 g/mol. The summed E-state index contributed by atoms with van der Waals surface area (Å²) in [6.45, 7) is 13.7. The van der Waals surface area contributed by atoms with Gasteiger partial charge >= 0.3 is 153 Å². The predicted molar refractivity (Wildman–Crippen MR) is 86.7 cm³/mol. The van der Waals surface area contributed by atoms with Crippen LogP contribution in [0.3, 0.4) is 0 Å². The number of Topliss-reactive ketones (excluding diaryl/α,β-unsaturated/α-hetero) is 2. The van der Waals surface area contributed by atoms with Gasteiger partial charge in [-0.3, -0.25) is 0 Å². The van der Waals surface area contributed by atoms with Gasteiger partial charge in [-0.05, 0) is 0 Å². The molecule has 4 aliphatic carbocycles. The first-order valence-electron chi connectivity index (χ1n) is 9.57. The molecule has 0 saturated heterocycles. The SMILES string of the molecule is CC1(C)[C@@H]2CC[C@@]1(C)C(=O)[CH]2[Hg][CH]1C(=O)[C@]2(C)CC[C@H]1C2(C)C. The average Bonchev–Trinajstić information content (AvgIpc) is 2.93. The van der Waals surface area contributed by atoms with Crippen LogP contribution in [0, 0.1) is 33.5 Å². The zero-order chi connectivity index (χ0) is 17.0. The van der Waals surface area contributed by atoms with E-state index < -0.39 is 24.6 Å². The number of hydrogen-bond acceptors (Lipinski definition) is 2. The van der Waals surface area contributed by atoms with Crippen molar-refractivity contribution >= 4 is 11.6 Å². The van der Waals surface area contributed by atoms with Crippen LogP contribution < -0.4 is 0 Å². The molecule has 0 N–H and O–H groups in total. The minimum absolute atomic E-state index is 0.0948. The van der Waals surface area contributed by atoms with Crippen molar-refractivity contribution in [1.82, 2.24) is 0 Å². The maximum absolute atomic E-state index is 13.2. The van der Waals surface area contributed by atoms with E-state index in [-0.39, 0.29) is 21.7 Å². The third-order valence-corrected chi connectivity index (χ3v) is 21.1. The quantitative estimate of drug-likeness (QED) is 0.513. The van der Waals surface area contributed by atoms with Crippen LogP contribution in [0.15, 0.2) is 0 Å². The molecule has 0 heterocycles. The fourth-order valence-corrected chi connectivity index (χ4v) is 23.6. The maximum atomic E-state index is 13.2. The van der Waals surface area contributed by atoms with E-state index in [9.17, 15) is 9.59 Å². The second-order valence-electron chi connectivity index (χ2n) is 10.6. The summed E-state index contributed by atoms with van der Waals surface area (Å²) in [5.41, 5.74) is 0.133. The Labute approximate surface area is 153 Å². The summed E-state index contributed by atoms with van der Waals surface area (Å²) in [5, 5.41) is 0. The molecule has 2 nitrogen and oxygen atoms in total. The Morgan fingerprint density at radius 2 is 1.09 bits per heavy atom. The fraction of sp³-hybridized carbons (Fsp3) is 0.900. The summed E-state index contributed by atoms with van der Waals surface area (Å²) in [7, 11) is 0. The number of hydrogen-bond donors (Lipinski definition) is 0. The van der Waals surface area contributed by atoms with Gasteiger partial charge < -0.3 is 0 Å². The molecule has 4 bridgehead atoms. The second kappa shape index (κ2) is 4.51.